The van der Waals surface area contributed by atoms with Gasteiger partial charge in [-0.3, -0.25) is 4.79 Å². The summed E-state index contributed by atoms with van der Waals surface area (Å²) in [5.74, 6) is -0.971. The lowest BCUT2D eigenvalue weighted by Gasteiger charge is -2.18. The molecule has 1 saturated heterocycles. The van der Waals surface area contributed by atoms with Gasteiger partial charge in [0.1, 0.15) is 16.1 Å². The fraction of sp³-hybridized carbons (Fsp3) is 0.167. The van der Waals surface area contributed by atoms with Gasteiger partial charge in [-0.05, 0) is 71.5 Å². The predicted molar refractivity (Wildman–Crippen MR) is 123 cm³/mol. The molecule has 1 N–H and O–H groups in total. The predicted octanol–water partition coefficient (Wildman–Crippen LogP) is 4.96. The molecule has 0 spiro atoms. The van der Waals surface area contributed by atoms with Gasteiger partial charge in [0.25, 0.3) is 10.0 Å². The number of hydrogen-bond acceptors (Lipinski definition) is 5. The molecule has 4 rings (SSSR count). The minimum atomic E-state index is -3.88. The molecule has 152 valence electrons. The van der Waals surface area contributed by atoms with E-state index >= 15 is 0 Å². The van der Waals surface area contributed by atoms with E-state index in [2.05, 4.69) is 4.72 Å². The van der Waals surface area contributed by atoms with Crippen LogP contribution >= 0.6 is 56.9 Å². The number of amides is 1. The maximum atomic E-state index is 14.2. The van der Waals surface area contributed by atoms with Crippen LogP contribution < -0.4 is 9.62 Å². The SMILES string of the molecule is O=C1[C@@H](NS(=O)(=O)c2ccc(-c3ccc(Cl)s3)s2)CCN1c1ccc(I)cc1F. The van der Waals surface area contributed by atoms with Crippen molar-refractivity contribution in [2.45, 2.75) is 16.7 Å². The Kier molecular flexibility index (Phi) is 6.02. The van der Waals surface area contributed by atoms with Crippen molar-refractivity contribution in [2.24, 2.45) is 0 Å². The maximum absolute atomic E-state index is 14.2. The van der Waals surface area contributed by atoms with E-state index in [0.717, 1.165) is 21.1 Å². The monoisotopic (exact) mass is 582 g/mol. The highest BCUT2D eigenvalue weighted by molar-refractivity contribution is 14.1. The molecule has 2 aromatic heterocycles. The Morgan fingerprint density at radius 3 is 2.55 bits per heavy atom. The largest absolute Gasteiger partial charge is 0.308 e. The van der Waals surface area contributed by atoms with Crippen LogP contribution in [0.5, 0.6) is 0 Å². The van der Waals surface area contributed by atoms with E-state index in [4.69, 9.17) is 11.6 Å². The Morgan fingerprint density at radius 2 is 1.86 bits per heavy atom. The van der Waals surface area contributed by atoms with Gasteiger partial charge in [0, 0.05) is 19.9 Å². The van der Waals surface area contributed by atoms with Crippen LogP contribution in [0.2, 0.25) is 4.34 Å². The average molecular weight is 583 g/mol. The van der Waals surface area contributed by atoms with Gasteiger partial charge >= 0.3 is 0 Å². The summed E-state index contributed by atoms with van der Waals surface area (Å²) < 4.78 is 43.7. The molecule has 11 heteroatoms. The van der Waals surface area contributed by atoms with Crippen LogP contribution in [0.4, 0.5) is 10.1 Å². The van der Waals surface area contributed by atoms with Gasteiger partial charge in [0.2, 0.25) is 5.91 Å². The molecule has 1 fully saturated rings. The van der Waals surface area contributed by atoms with E-state index in [9.17, 15) is 17.6 Å². The van der Waals surface area contributed by atoms with Crippen molar-refractivity contribution < 1.29 is 17.6 Å². The van der Waals surface area contributed by atoms with Crippen molar-refractivity contribution in [3.8, 4) is 9.75 Å². The summed E-state index contributed by atoms with van der Waals surface area (Å²) >= 11 is 10.4. The molecule has 29 heavy (non-hydrogen) atoms. The number of anilines is 1. The first-order chi connectivity index (χ1) is 13.7. The third kappa shape index (κ3) is 4.37. The number of halogens is 3. The van der Waals surface area contributed by atoms with Gasteiger partial charge in [0.15, 0.2) is 0 Å². The van der Waals surface area contributed by atoms with Crippen LogP contribution in [-0.2, 0) is 14.8 Å². The van der Waals surface area contributed by atoms with Crippen molar-refractivity contribution in [3.63, 3.8) is 0 Å². The lowest BCUT2D eigenvalue weighted by Crippen LogP contribution is -2.41. The van der Waals surface area contributed by atoms with E-state index in [-0.39, 0.29) is 22.9 Å². The molecule has 0 bridgehead atoms. The number of rotatable bonds is 5. The number of hydrogen-bond donors (Lipinski definition) is 1. The van der Waals surface area contributed by atoms with Gasteiger partial charge in [-0.25, -0.2) is 12.8 Å². The van der Waals surface area contributed by atoms with E-state index in [0.29, 0.717) is 7.91 Å². The quantitative estimate of drug-likeness (QED) is 0.433. The standard InChI is InChI=1S/C18H13ClFIN2O3S3/c19-16-5-3-14(27-16)15-4-6-17(28-15)29(25,26)22-12-7-8-23(18(12)24)13-2-1-10(21)9-11(13)20/h1-6,9,12,22H,7-8H2/t12-/m0/s1. The molecule has 5 nitrogen and oxygen atoms in total. The highest BCUT2D eigenvalue weighted by Gasteiger charge is 2.37. The summed E-state index contributed by atoms with van der Waals surface area (Å²) in [6.07, 6.45) is 0.266. The zero-order valence-corrected chi connectivity index (χ0v) is 19.9. The number of carbonyl (C=O) groups excluding carboxylic acids is 1. The molecule has 0 unspecified atom stereocenters. The molecule has 0 saturated carbocycles. The van der Waals surface area contributed by atoms with Crippen molar-refractivity contribution in [2.75, 3.05) is 11.4 Å². The Morgan fingerprint density at radius 1 is 1.14 bits per heavy atom. The third-order valence-electron chi connectivity index (χ3n) is 4.37. The first-order valence-corrected chi connectivity index (χ1v) is 13.0. The molecular weight excluding hydrogens is 570 g/mol. The highest BCUT2D eigenvalue weighted by atomic mass is 127. The van der Waals surface area contributed by atoms with Gasteiger partial charge in [-0.1, -0.05) is 11.6 Å². The first kappa shape index (κ1) is 21.2. The van der Waals surface area contributed by atoms with Gasteiger partial charge < -0.3 is 4.90 Å². The molecule has 1 aliphatic rings. The molecule has 0 radical (unpaired) electrons. The smallest absolute Gasteiger partial charge is 0.250 e. The molecule has 0 aliphatic carbocycles. The Balaban J connectivity index is 1.51. The van der Waals surface area contributed by atoms with E-state index in [1.807, 2.05) is 28.7 Å². The number of nitrogens with zero attached hydrogens (tertiary/aromatic N) is 1. The second-order valence-corrected chi connectivity index (χ2v) is 12.3. The lowest BCUT2D eigenvalue weighted by atomic mass is 10.2. The summed E-state index contributed by atoms with van der Waals surface area (Å²) in [5.41, 5.74) is 0.157. The average Bonchev–Trinajstić information content (AvgIpc) is 3.37. The summed E-state index contributed by atoms with van der Waals surface area (Å²) in [6.45, 7) is 0.243. The molecular formula is C18H13ClFIN2O3S3. The van der Waals surface area contributed by atoms with Crippen LogP contribution in [0, 0.1) is 9.39 Å². The summed E-state index contributed by atoms with van der Waals surface area (Å²) in [6, 6.07) is 10.4. The second kappa shape index (κ2) is 8.23. The fourth-order valence-electron chi connectivity index (χ4n) is 3.02. The minimum absolute atomic E-state index is 0.115. The maximum Gasteiger partial charge on any atom is 0.250 e. The van der Waals surface area contributed by atoms with E-state index < -0.39 is 27.8 Å². The van der Waals surface area contributed by atoms with Crippen molar-refractivity contribution in [3.05, 3.63) is 56.2 Å². The number of nitrogens with one attached hydrogen (secondary N) is 1. The van der Waals surface area contributed by atoms with Gasteiger partial charge in [-0.15, -0.1) is 22.7 Å². The molecule has 1 amide bonds. The van der Waals surface area contributed by atoms with Crippen molar-refractivity contribution in [1.29, 1.82) is 0 Å². The van der Waals surface area contributed by atoms with Crippen molar-refractivity contribution in [1.82, 2.24) is 4.72 Å². The second-order valence-electron chi connectivity index (χ2n) is 6.27. The molecule has 3 aromatic rings. The summed E-state index contributed by atoms with van der Waals surface area (Å²) in [5, 5.41) is 0. The van der Waals surface area contributed by atoms with E-state index in [1.54, 1.807) is 18.2 Å². The molecule has 3 heterocycles. The van der Waals surface area contributed by atoms with Gasteiger partial charge in [-0.2, -0.15) is 4.72 Å². The van der Waals surface area contributed by atoms with Gasteiger partial charge in [0.05, 0.1) is 10.0 Å². The number of sulfonamides is 1. The van der Waals surface area contributed by atoms with E-state index in [1.165, 1.54) is 34.4 Å². The minimum Gasteiger partial charge on any atom is -0.308 e. The van der Waals surface area contributed by atoms with Crippen LogP contribution in [0.1, 0.15) is 6.42 Å². The molecule has 1 aliphatic heterocycles. The van der Waals surface area contributed by atoms with Crippen molar-refractivity contribution >= 4 is 78.5 Å². The Hall–Kier alpha value is -1.05. The number of benzene rings is 1. The zero-order chi connectivity index (χ0) is 20.8. The zero-order valence-electron chi connectivity index (χ0n) is 14.6. The van der Waals surface area contributed by atoms with Crippen LogP contribution in [0.25, 0.3) is 9.75 Å². The highest BCUT2D eigenvalue weighted by Crippen LogP contribution is 2.37. The number of carbonyl (C=O) groups is 1. The van der Waals surface area contributed by atoms with Crippen LogP contribution in [0.15, 0.2) is 46.7 Å². The van der Waals surface area contributed by atoms with Crippen LogP contribution in [0.3, 0.4) is 0 Å². The summed E-state index contributed by atoms with van der Waals surface area (Å²) in [4.78, 5) is 15.6. The summed E-state index contributed by atoms with van der Waals surface area (Å²) in [7, 11) is -3.88. The third-order valence-corrected chi connectivity index (χ3v) is 9.51. The molecule has 1 aromatic carbocycles. The lowest BCUT2D eigenvalue weighted by molar-refractivity contribution is -0.118. The molecule has 1 atom stereocenters. The normalized spacial score (nSPS) is 17.3. The van der Waals surface area contributed by atoms with Crippen LogP contribution in [-0.4, -0.2) is 26.9 Å². The Labute approximate surface area is 193 Å². The fourth-order valence-corrected chi connectivity index (χ4v) is 7.15. The number of thiophene rings is 2. The topological polar surface area (TPSA) is 66.5 Å². The Bertz CT molecular complexity index is 1190. The first-order valence-electron chi connectivity index (χ1n) is 8.39.